The van der Waals surface area contributed by atoms with Gasteiger partial charge in [0.15, 0.2) is 0 Å². The van der Waals surface area contributed by atoms with Crippen LogP contribution >= 0.6 is 11.6 Å². The molecular formula is C20H19ClN2O. The Labute approximate surface area is 147 Å². The number of hydrogen-bond acceptors (Lipinski definition) is 2. The molecule has 1 heterocycles. The molecule has 122 valence electrons. The van der Waals surface area contributed by atoms with E-state index in [2.05, 4.69) is 18.8 Å². The Bertz CT molecular complexity index is 809. The highest BCUT2D eigenvalue weighted by Crippen LogP contribution is 2.23. The van der Waals surface area contributed by atoms with Crippen molar-refractivity contribution in [3.8, 4) is 0 Å². The van der Waals surface area contributed by atoms with Crippen molar-refractivity contribution in [3.63, 3.8) is 0 Å². The molecule has 0 aromatic heterocycles. The number of amides is 1. The predicted molar refractivity (Wildman–Crippen MR) is 99.0 cm³/mol. The van der Waals surface area contributed by atoms with Crippen molar-refractivity contribution in [2.45, 2.75) is 13.8 Å². The second kappa shape index (κ2) is 7.02. The van der Waals surface area contributed by atoms with Gasteiger partial charge in [-0.2, -0.15) is 0 Å². The maximum atomic E-state index is 12.8. The van der Waals surface area contributed by atoms with Crippen LogP contribution in [0.25, 0.3) is 6.08 Å². The van der Waals surface area contributed by atoms with Gasteiger partial charge in [0.1, 0.15) is 11.5 Å². The first-order valence-corrected chi connectivity index (χ1v) is 8.35. The van der Waals surface area contributed by atoms with Crippen LogP contribution in [0.4, 0.5) is 0 Å². The molecule has 0 radical (unpaired) electrons. The van der Waals surface area contributed by atoms with Crippen molar-refractivity contribution in [3.05, 3.63) is 76.4 Å². The fourth-order valence-corrected chi connectivity index (χ4v) is 2.85. The summed E-state index contributed by atoms with van der Waals surface area (Å²) >= 11 is 6.03. The summed E-state index contributed by atoms with van der Waals surface area (Å²) in [5.74, 6) is 0.999. The molecule has 0 saturated carbocycles. The number of amidine groups is 1. The van der Waals surface area contributed by atoms with Gasteiger partial charge in [-0.05, 0) is 29.7 Å². The zero-order chi connectivity index (χ0) is 17.1. The third-order valence-electron chi connectivity index (χ3n) is 3.68. The number of hydrogen-bond donors (Lipinski definition) is 0. The summed E-state index contributed by atoms with van der Waals surface area (Å²) in [5.41, 5.74) is 2.26. The molecule has 2 aromatic rings. The smallest absolute Gasteiger partial charge is 0.278 e. The number of carbonyl (C=O) groups is 1. The van der Waals surface area contributed by atoms with Crippen LogP contribution in [0.15, 0.2) is 65.3 Å². The topological polar surface area (TPSA) is 32.7 Å². The Morgan fingerprint density at radius 3 is 2.54 bits per heavy atom. The second-order valence-electron chi connectivity index (χ2n) is 6.20. The quantitative estimate of drug-likeness (QED) is 0.748. The molecule has 0 bridgehead atoms. The van der Waals surface area contributed by atoms with Gasteiger partial charge < -0.3 is 0 Å². The molecule has 1 amide bonds. The summed E-state index contributed by atoms with van der Waals surface area (Å²) in [7, 11) is 0. The van der Waals surface area contributed by atoms with Gasteiger partial charge in [-0.15, -0.1) is 0 Å². The lowest BCUT2D eigenvalue weighted by Gasteiger charge is -2.20. The highest BCUT2D eigenvalue weighted by Gasteiger charge is 2.31. The van der Waals surface area contributed by atoms with E-state index in [0.717, 1.165) is 11.1 Å². The Morgan fingerprint density at radius 2 is 1.88 bits per heavy atom. The van der Waals surface area contributed by atoms with Crippen LogP contribution in [0.3, 0.4) is 0 Å². The number of aliphatic imine (C=N–C) groups is 1. The number of benzene rings is 2. The van der Waals surface area contributed by atoms with Crippen LogP contribution in [0, 0.1) is 5.92 Å². The normalized spacial score (nSPS) is 16.2. The van der Waals surface area contributed by atoms with E-state index in [9.17, 15) is 4.79 Å². The monoisotopic (exact) mass is 338 g/mol. The van der Waals surface area contributed by atoms with Gasteiger partial charge in [-0.3, -0.25) is 9.69 Å². The molecule has 0 spiro atoms. The lowest BCUT2D eigenvalue weighted by atomic mass is 10.1. The third kappa shape index (κ3) is 3.57. The van der Waals surface area contributed by atoms with E-state index >= 15 is 0 Å². The van der Waals surface area contributed by atoms with Crippen molar-refractivity contribution < 1.29 is 4.79 Å². The summed E-state index contributed by atoms with van der Waals surface area (Å²) in [6.45, 7) is 4.82. The number of rotatable bonds is 4. The number of carbonyl (C=O) groups excluding carboxylic acids is 1. The van der Waals surface area contributed by atoms with E-state index in [0.29, 0.717) is 29.0 Å². The molecule has 0 atom stereocenters. The summed E-state index contributed by atoms with van der Waals surface area (Å²) < 4.78 is 0. The Balaban J connectivity index is 2.02. The van der Waals surface area contributed by atoms with Gasteiger partial charge in [0.05, 0.1) is 0 Å². The maximum absolute atomic E-state index is 12.8. The SMILES string of the molecule is CC(C)CN1C(=O)C(=Cc2cccc(Cl)c2)N=C1c1ccccc1. The Morgan fingerprint density at radius 1 is 1.12 bits per heavy atom. The van der Waals surface area contributed by atoms with Crippen LogP contribution in [0.1, 0.15) is 25.0 Å². The average molecular weight is 339 g/mol. The van der Waals surface area contributed by atoms with Gasteiger partial charge in [-0.1, -0.05) is 67.9 Å². The molecule has 0 fully saturated rings. The Hall–Kier alpha value is -2.39. The zero-order valence-corrected chi connectivity index (χ0v) is 14.5. The van der Waals surface area contributed by atoms with Crippen molar-refractivity contribution >= 4 is 29.4 Å². The van der Waals surface area contributed by atoms with Crippen LogP contribution in [0.5, 0.6) is 0 Å². The van der Waals surface area contributed by atoms with E-state index in [-0.39, 0.29) is 5.91 Å². The van der Waals surface area contributed by atoms with Crippen molar-refractivity contribution in [2.75, 3.05) is 6.54 Å². The van der Waals surface area contributed by atoms with E-state index in [1.807, 2.05) is 54.6 Å². The van der Waals surface area contributed by atoms with E-state index < -0.39 is 0 Å². The van der Waals surface area contributed by atoms with Crippen molar-refractivity contribution in [1.82, 2.24) is 4.90 Å². The third-order valence-corrected chi connectivity index (χ3v) is 3.91. The minimum atomic E-state index is -0.0671. The van der Waals surface area contributed by atoms with Gasteiger partial charge in [0.25, 0.3) is 5.91 Å². The highest BCUT2D eigenvalue weighted by atomic mass is 35.5. The predicted octanol–water partition coefficient (Wildman–Crippen LogP) is 4.63. The largest absolute Gasteiger partial charge is 0.291 e. The first kappa shape index (κ1) is 16.5. The van der Waals surface area contributed by atoms with Gasteiger partial charge in [0.2, 0.25) is 0 Å². The molecule has 24 heavy (non-hydrogen) atoms. The molecule has 4 heteroatoms. The average Bonchev–Trinajstić information content (AvgIpc) is 2.85. The van der Waals surface area contributed by atoms with Crippen LogP contribution in [-0.2, 0) is 4.79 Å². The molecule has 0 unspecified atom stereocenters. The molecule has 0 saturated heterocycles. The number of nitrogens with zero attached hydrogens (tertiary/aromatic N) is 2. The number of halogens is 1. The minimum absolute atomic E-state index is 0.0671. The molecular weight excluding hydrogens is 320 g/mol. The lowest BCUT2D eigenvalue weighted by molar-refractivity contribution is -0.122. The van der Waals surface area contributed by atoms with Crippen molar-refractivity contribution in [2.24, 2.45) is 10.9 Å². The first-order chi connectivity index (χ1) is 11.5. The van der Waals surface area contributed by atoms with E-state index in [1.165, 1.54) is 0 Å². The lowest BCUT2D eigenvalue weighted by Crippen LogP contribution is -2.35. The summed E-state index contributed by atoms with van der Waals surface area (Å²) in [4.78, 5) is 19.2. The van der Waals surface area contributed by atoms with Crippen LogP contribution < -0.4 is 0 Å². The van der Waals surface area contributed by atoms with E-state index in [1.54, 1.807) is 11.0 Å². The molecule has 2 aromatic carbocycles. The fraction of sp³-hybridized carbons (Fsp3) is 0.200. The van der Waals surface area contributed by atoms with Crippen LogP contribution in [-0.4, -0.2) is 23.2 Å². The molecule has 0 aliphatic carbocycles. The van der Waals surface area contributed by atoms with Crippen LogP contribution in [0.2, 0.25) is 5.02 Å². The summed E-state index contributed by atoms with van der Waals surface area (Å²) in [6.07, 6.45) is 1.79. The standard InChI is InChI=1S/C20H19ClN2O/c1-14(2)13-23-19(16-8-4-3-5-9-16)22-18(20(23)24)12-15-7-6-10-17(21)11-15/h3-12,14H,13H2,1-2H3. The van der Waals surface area contributed by atoms with E-state index in [4.69, 9.17) is 11.6 Å². The van der Waals surface area contributed by atoms with Gasteiger partial charge in [-0.25, -0.2) is 4.99 Å². The molecule has 1 aliphatic rings. The molecule has 3 nitrogen and oxygen atoms in total. The van der Waals surface area contributed by atoms with Gasteiger partial charge >= 0.3 is 0 Å². The summed E-state index contributed by atoms with van der Waals surface area (Å²) in [5, 5.41) is 0.640. The van der Waals surface area contributed by atoms with Crippen molar-refractivity contribution in [1.29, 1.82) is 0 Å². The molecule has 1 aliphatic heterocycles. The maximum Gasteiger partial charge on any atom is 0.278 e. The first-order valence-electron chi connectivity index (χ1n) is 7.98. The molecule has 3 rings (SSSR count). The Kier molecular flexibility index (Phi) is 4.81. The second-order valence-corrected chi connectivity index (χ2v) is 6.63. The van der Waals surface area contributed by atoms with Gasteiger partial charge in [0, 0.05) is 17.1 Å². The summed E-state index contributed by atoms with van der Waals surface area (Å²) in [6, 6.07) is 17.2. The minimum Gasteiger partial charge on any atom is -0.291 e. The fourth-order valence-electron chi connectivity index (χ4n) is 2.65. The zero-order valence-electron chi connectivity index (χ0n) is 13.7. The molecule has 0 N–H and O–H groups in total. The highest BCUT2D eigenvalue weighted by molar-refractivity contribution is 6.30.